The summed E-state index contributed by atoms with van der Waals surface area (Å²) in [4.78, 5) is 3.28. The molecule has 1 nitrogen and oxygen atoms in total. The minimum absolute atomic E-state index is 0.757. The molecule has 0 aliphatic heterocycles. The number of hydrogen-bond acceptors (Lipinski definition) is 0. The molecule has 0 aromatic carbocycles. The molecule has 1 aromatic rings. The zero-order valence-corrected chi connectivity index (χ0v) is 7.89. The van der Waals surface area contributed by atoms with E-state index in [2.05, 4.69) is 39.8 Å². The molecule has 1 atom stereocenters. The van der Waals surface area contributed by atoms with Gasteiger partial charge in [-0.15, -0.1) is 0 Å². The van der Waals surface area contributed by atoms with E-state index in [-0.39, 0.29) is 0 Å². The summed E-state index contributed by atoms with van der Waals surface area (Å²) in [6.07, 6.45) is 6.01. The molecular weight excluding hydrogens is 237 g/mol. The molecular formula is C8H10IN. The summed E-state index contributed by atoms with van der Waals surface area (Å²) >= 11 is 2.52. The van der Waals surface area contributed by atoms with Gasteiger partial charge in [0.05, 0.1) is 0 Å². The SMILES string of the molecule is IC1CCCc2[nH]ccc21. The van der Waals surface area contributed by atoms with Crippen molar-refractivity contribution < 1.29 is 0 Å². The Balaban J connectivity index is 2.41. The lowest BCUT2D eigenvalue weighted by Gasteiger charge is -2.16. The van der Waals surface area contributed by atoms with Gasteiger partial charge >= 0.3 is 0 Å². The zero-order valence-electron chi connectivity index (χ0n) is 5.73. The van der Waals surface area contributed by atoms with Crippen LogP contribution in [-0.4, -0.2) is 4.98 Å². The normalized spacial score (nSPS) is 24.3. The van der Waals surface area contributed by atoms with Crippen molar-refractivity contribution in [2.24, 2.45) is 0 Å². The number of hydrogen-bond donors (Lipinski definition) is 1. The van der Waals surface area contributed by atoms with Crippen molar-refractivity contribution >= 4 is 22.6 Å². The molecule has 1 aromatic heterocycles. The monoisotopic (exact) mass is 247 g/mol. The molecule has 0 fully saturated rings. The van der Waals surface area contributed by atoms with E-state index in [0.717, 1.165) is 3.92 Å². The molecule has 10 heavy (non-hydrogen) atoms. The number of nitrogens with one attached hydrogen (secondary N) is 1. The second kappa shape index (κ2) is 2.57. The third-order valence-electron chi connectivity index (χ3n) is 2.09. The molecule has 1 aliphatic rings. The lowest BCUT2D eigenvalue weighted by Crippen LogP contribution is -2.02. The summed E-state index contributed by atoms with van der Waals surface area (Å²) in [7, 11) is 0. The van der Waals surface area contributed by atoms with Gasteiger partial charge < -0.3 is 4.98 Å². The largest absolute Gasteiger partial charge is 0.365 e. The number of fused-ring (bicyclic) bond motifs is 1. The average Bonchev–Trinajstić information content (AvgIpc) is 2.36. The minimum Gasteiger partial charge on any atom is -0.365 e. The van der Waals surface area contributed by atoms with E-state index >= 15 is 0 Å². The van der Waals surface area contributed by atoms with E-state index in [1.54, 1.807) is 0 Å². The number of H-pyrrole nitrogens is 1. The molecule has 1 unspecified atom stereocenters. The molecule has 2 rings (SSSR count). The van der Waals surface area contributed by atoms with Gasteiger partial charge in [-0.05, 0) is 30.9 Å². The van der Waals surface area contributed by atoms with Crippen LogP contribution in [0.1, 0.15) is 28.0 Å². The van der Waals surface area contributed by atoms with Gasteiger partial charge in [0, 0.05) is 15.8 Å². The summed E-state index contributed by atoms with van der Waals surface area (Å²) in [5.41, 5.74) is 3.00. The Morgan fingerprint density at radius 2 is 2.50 bits per heavy atom. The lowest BCUT2D eigenvalue weighted by atomic mass is 9.98. The van der Waals surface area contributed by atoms with Gasteiger partial charge in [0.15, 0.2) is 0 Å². The van der Waals surface area contributed by atoms with Crippen molar-refractivity contribution in [3.63, 3.8) is 0 Å². The zero-order chi connectivity index (χ0) is 6.97. The van der Waals surface area contributed by atoms with E-state index in [1.807, 2.05) is 0 Å². The fourth-order valence-electron chi connectivity index (χ4n) is 1.54. The number of aromatic amines is 1. The molecule has 0 spiro atoms. The van der Waals surface area contributed by atoms with Gasteiger partial charge in [0.25, 0.3) is 0 Å². The van der Waals surface area contributed by atoms with E-state index < -0.39 is 0 Å². The second-order valence-corrected chi connectivity index (χ2v) is 4.27. The first-order valence-corrected chi connectivity index (χ1v) is 4.93. The van der Waals surface area contributed by atoms with Crippen LogP contribution in [-0.2, 0) is 6.42 Å². The van der Waals surface area contributed by atoms with Crippen LogP contribution >= 0.6 is 22.6 Å². The highest BCUT2D eigenvalue weighted by molar-refractivity contribution is 14.1. The summed E-state index contributed by atoms with van der Waals surface area (Å²) in [5.74, 6) is 0. The number of aromatic nitrogens is 1. The van der Waals surface area contributed by atoms with Crippen LogP contribution in [0.4, 0.5) is 0 Å². The van der Waals surface area contributed by atoms with Crippen LogP contribution in [0.25, 0.3) is 0 Å². The van der Waals surface area contributed by atoms with E-state index in [1.165, 1.54) is 30.5 Å². The summed E-state index contributed by atoms with van der Waals surface area (Å²) in [5, 5.41) is 0. The van der Waals surface area contributed by atoms with Crippen molar-refractivity contribution in [3.05, 3.63) is 23.5 Å². The van der Waals surface area contributed by atoms with Crippen LogP contribution < -0.4 is 0 Å². The third-order valence-corrected chi connectivity index (χ3v) is 3.38. The molecule has 0 bridgehead atoms. The van der Waals surface area contributed by atoms with E-state index in [9.17, 15) is 0 Å². The molecule has 0 amide bonds. The number of halogens is 1. The summed E-state index contributed by atoms with van der Waals surface area (Å²) < 4.78 is 0.757. The average molecular weight is 247 g/mol. The molecule has 0 saturated heterocycles. The maximum absolute atomic E-state index is 3.28. The Kier molecular flexibility index (Phi) is 1.72. The quantitative estimate of drug-likeness (QED) is 0.536. The Morgan fingerprint density at radius 1 is 1.60 bits per heavy atom. The van der Waals surface area contributed by atoms with Gasteiger partial charge in [-0.1, -0.05) is 22.6 Å². The minimum atomic E-state index is 0.757. The highest BCUT2D eigenvalue weighted by atomic mass is 127. The first kappa shape index (κ1) is 6.70. The molecule has 1 heterocycles. The maximum atomic E-state index is 3.28. The van der Waals surface area contributed by atoms with Crippen LogP contribution in [0, 0.1) is 0 Å². The molecule has 1 N–H and O–H groups in total. The Labute approximate surface area is 74.4 Å². The first-order valence-electron chi connectivity index (χ1n) is 3.68. The predicted molar refractivity (Wildman–Crippen MR) is 50.5 cm³/mol. The Bertz CT molecular complexity index is 229. The second-order valence-electron chi connectivity index (χ2n) is 2.77. The smallest absolute Gasteiger partial charge is 0.0377 e. The van der Waals surface area contributed by atoms with Crippen LogP contribution in [0.3, 0.4) is 0 Å². The van der Waals surface area contributed by atoms with Crippen LogP contribution in [0.2, 0.25) is 0 Å². The maximum Gasteiger partial charge on any atom is 0.0377 e. The number of alkyl halides is 1. The van der Waals surface area contributed by atoms with Crippen molar-refractivity contribution in [3.8, 4) is 0 Å². The molecule has 0 radical (unpaired) electrons. The van der Waals surface area contributed by atoms with E-state index in [4.69, 9.17) is 0 Å². The fraction of sp³-hybridized carbons (Fsp3) is 0.500. The predicted octanol–water partition coefficient (Wildman–Crippen LogP) is 2.83. The first-order chi connectivity index (χ1) is 4.88. The molecule has 0 saturated carbocycles. The van der Waals surface area contributed by atoms with Gasteiger partial charge in [0.2, 0.25) is 0 Å². The fourth-order valence-corrected chi connectivity index (χ4v) is 2.56. The Hall–Kier alpha value is 0.01000. The summed E-state index contributed by atoms with van der Waals surface area (Å²) in [6.45, 7) is 0. The van der Waals surface area contributed by atoms with Gasteiger partial charge in [-0.2, -0.15) is 0 Å². The van der Waals surface area contributed by atoms with Crippen molar-refractivity contribution in [1.82, 2.24) is 4.98 Å². The highest BCUT2D eigenvalue weighted by Crippen LogP contribution is 2.35. The Morgan fingerprint density at radius 3 is 3.30 bits per heavy atom. The van der Waals surface area contributed by atoms with Gasteiger partial charge in [-0.25, -0.2) is 0 Å². The van der Waals surface area contributed by atoms with Crippen molar-refractivity contribution in [1.29, 1.82) is 0 Å². The van der Waals surface area contributed by atoms with Crippen LogP contribution in [0.5, 0.6) is 0 Å². The standard InChI is InChI=1S/C8H10IN/c9-7-2-1-3-8-6(7)4-5-10-8/h4-5,7,10H,1-3H2. The molecule has 1 aliphatic carbocycles. The lowest BCUT2D eigenvalue weighted by molar-refractivity contribution is 0.680. The summed E-state index contributed by atoms with van der Waals surface area (Å²) in [6, 6.07) is 2.21. The molecule has 2 heteroatoms. The highest BCUT2D eigenvalue weighted by Gasteiger charge is 2.17. The van der Waals surface area contributed by atoms with Gasteiger partial charge in [-0.3, -0.25) is 0 Å². The molecule has 54 valence electrons. The topological polar surface area (TPSA) is 15.8 Å². The number of rotatable bonds is 0. The van der Waals surface area contributed by atoms with Crippen molar-refractivity contribution in [2.45, 2.75) is 23.2 Å². The third kappa shape index (κ3) is 0.983. The van der Waals surface area contributed by atoms with Gasteiger partial charge in [0.1, 0.15) is 0 Å². The van der Waals surface area contributed by atoms with E-state index in [0.29, 0.717) is 0 Å². The van der Waals surface area contributed by atoms with Crippen LogP contribution in [0.15, 0.2) is 12.3 Å². The van der Waals surface area contributed by atoms with Crippen molar-refractivity contribution in [2.75, 3.05) is 0 Å². The number of aryl methyl sites for hydroxylation is 1.